The van der Waals surface area contributed by atoms with E-state index >= 15 is 0 Å². The largest absolute Gasteiger partial charge is 0.0928 e. The topological polar surface area (TPSA) is 0 Å². The van der Waals surface area contributed by atoms with Crippen LogP contribution in [0.3, 0.4) is 0 Å². The zero-order valence-corrected chi connectivity index (χ0v) is 8.76. The number of hydrogen-bond acceptors (Lipinski definition) is 0. The van der Waals surface area contributed by atoms with Crippen LogP contribution in [-0.2, 0) is 0 Å². The maximum Gasteiger partial charge on any atom is 0.00313 e. The van der Waals surface area contributed by atoms with Gasteiger partial charge in [-0.2, -0.15) is 0 Å². The summed E-state index contributed by atoms with van der Waals surface area (Å²) in [6, 6.07) is 10.5. The van der Waals surface area contributed by atoms with Crippen LogP contribution >= 0.6 is 15.9 Å². The van der Waals surface area contributed by atoms with Crippen molar-refractivity contribution in [1.29, 1.82) is 0 Å². The average molecular weight is 226 g/mol. The molecule has 0 atom stereocenters. The van der Waals surface area contributed by atoms with Gasteiger partial charge in [-0.3, -0.25) is 0 Å². The van der Waals surface area contributed by atoms with Gasteiger partial charge in [-0.25, -0.2) is 0 Å². The van der Waals surface area contributed by atoms with E-state index in [9.17, 15) is 0 Å². The molecule has 0 aliphatic heterocycles. The Bertz CT molecular complexity index is 193. The van der Waals surface area contributed by atoms with E-state index in [0.717, 1.165) is 5.33 Å². The molecule has 1 heteroatoms. The quantitative estimate of drug-likeness (QED) is 0.529. The van der Waals surface area contributed by atoms with Gasteiger partial charge < -0.3 is 0 Å². The summed E-state index contributed by atoms with van der Waals surface area (Å²) in [6.07, 6.45) is 6.03. The Kier molecular flexibility index (Phi) is 5.09. The zero-order chi connectivity index (χ0) is 8.65. The Hall–Kier alpha value is -0.300. The van der Waals surface area contributed by atoms with E-state index in [1.165, 1.54) is 24.8 Å². The van der Waals surface area contributed by atoms with Crippen molar-refractivity contribution in [3.63, 3.8) is 0 Å². The molecule has 0 amide bonds. The van der Waals surface area contributed by atoms with Gasteiger partial charge in [-0.15, -0.1) is 0 Å². The summed E-state index contributed by atoms with van der Waals surface area (Å²) in [5.74, 6) is 0. The van der Waals surface area contributed by atoms with Crippen LogP contribution < -0.4 is 0 Å². The molecule has 0 spiro atoms. The number of halogens is 1. The predicted molar refractivity (Wildman–Crippen MR) is 57.5 cm³/mol. The summed E-state index contributed by atoms with van der Waals surface area (Å²) in [6.45, 7) is 0. The van der Waals surface area contributed by atoms with Crippen molar-refractivity contribution in [2.75, 3.05) is 5.33 Å². The van der Waals surface area contributed by atoms with Gasteiger partial charge in [0.25, 0.3) is 0 Å². The van der Waals surface area contributed by atoms with Crippen molar-refractivity contribution >= 4 is 15.9 Å². The zero-order valence-electron chi connectivity index (χ0n) is 7.17. The number of benzene rings is 1. The van der Waals surface area contributed by atoms with Crippen molar-refractivity contribution in [2.24, 2.45) is 0 Å². The third-order valence-corrected chi connectivity index (χ3v) is 2.33. The Morgan fingerprint density at radius 2 is 1.83 bits per heavy atom. The van der Waals surface area contributed by atoms with Gasteiger partial charge in [0.1, 0.15) is 0 Å². The maximum atomic E-state index is 3.42. The van der Waals surface area contributed by atoms with Gasteiger partial charge in [0.15, 0.2) is 0 Å². The highest BCUT2D eigenvalue weighted by atomic mass is 79.9. The van der Waals surface area contributed by atoms with E-state index < -0.39 is 0 Å². The van der Waals surface area contributed by atoms with Crippen LogP contribution in [0.15, 0.2) is 30.3 Å². The smallest absolute Gasteiger partial charge is 0.00313 e. The van der Waals surface area contributed by atoms with E-state index in [4.69, 9.17) is 0 Å². The van der Waals surface area contributed by atoms with Gasteiger partial charge >= 0.3 is 0 Å². The molecule has 0 aliphatic rings. The Balaban J connectivity index is 2.16. The molecule has 1 radical (unpaired) electrons. The molecular weight excluding hydrogens is 212 g/mol. The first-order valence-corrected chi connectivity index (χ1v) is 5.50. The molecule has 1 rings (SSSR count). The lowest BCUT2D eigenvalue weighted by atomic mass is 10.1. The highest BCUT2D eigenvalue weighted by Crippen LogP contribution is 2.08. The normalized spacial score (nSPS) is 10.1. The molecule has 65 valence electrons. The number of unbranched alkanes of at least 4 members (excludes halogenated alkanes) is 2. The fraction of sp³-hybridized carbons (Fsp3) is 0.364. The minimum atomic E-state index is 1.12. The number of alkyl halides is 1. The van der Waals surface area contributed by atoms with Crippen LogP contribution in [0.2, 0.25) is 0 Å². The lowest BCUT2D eigenvalue weighted by Crippen LogP contribution is -1.82. The van der Waals surface area contributed by atoms with Gasteiger partial charge in [-0.1, -0.05) is 52.7 Å². The van der Waals surface area contributed by atoms with Crippen molar-refractivity contribution in [3.05, 3.63) is 42.3 Å². The fourth-order valence-electron chi connectivity index (χ4n) is 1.10. The SMILES string of the molecule is BrCCCC[CH]c1ccccc1. The van der Waals surface area contributed by atoms with Crippen molar-refractivity contribution in [2.45, 2.75) is 19.3 Å². The van der Waals surface area contributed by atoms with Crippen molar-refractivity contribution < 1.29 is 0 Å². The number of rotatable bonds is 5. The molecule has 0 N–H and O–H groups in total. The van der Waals surface area contributed by atoms with Crippen LogP contribution in [0.1, 0.15) is 24.8 Å². The third-order valence-electron chi connectivity index (χ3n) is 1.77. The Morgan fingerprint density at radius 3 is 2.50 bits per heavy atom. The second kappa shape index (κ2) is 6.24. The molecule has 1 aromatic rings. The molecule has 0 fully saturated rings. The summed E-state index contributed by atoms with van der Waals surface area (Å²) >= 11 is 3.42. The molecule has 0 aromatic heterocycles. The van der Waals surface area contributed by atoms with Gasteiger partial charge in [0.05, 0.1) is 0 Å². The molecule has 0 aliphatic carbocycles. The van der Waals surface area contributed by atoms with E-state index in [-0.39, 0.29) is 0 Å². The van der Waals surface area contributed by atoms with Gasteiger partial charge in [0.2, 0.25) is 0 Å². The van der Waals surface area contributed by atoms with Crippen molar-refractivity contribution in [3.8, 4) is 0 Å². The van der Waals surface area contributed by atoms with E-state index in [0.29, 0.717) is 0 Å². The standard InChI is InChI=1S/C11H14Br/c12-10-6-2-5-9-11-7-3-1-4-8-11/h1,3-4,7-9H,2,5-6,10H2. The monoisotopic (exact) mass is 225 g/mol. The summed E-state index contributed by atoms with van der Waals surface area (Å²) in [5.41, 5.74) is 1.34. The van der Waals surface area contributed by atoms with Crippen molar-refractivity contribution in [1.82, 2.24) is 0 Å². The van der Waals surface area contributed by atoms with E-state index in [1.54, 1.807) is 0 Å². The lowest BCUT2D eigenvalue weighted by molar-refractivity contribution is 0.801. The molecule has 0 heterocycles. The highest BCUT2D eigenvalue weighted by Gasteiger charge is 1.91. The van der Waals surface area contributed by atoms with Crippen LogP contribution in [-0.4, -0.2) is 5.33 Å². The maximum absolute atomic E-state index is 3.42. The van der Waals surface area contributed by atoms with Gasteiger partial charge in [0, 0.05) is 5.33 Å². The molecule has 0 unspecified atom stereocenters. The summed E-state index contributed by atoms with van der Waals surface area (Å²) < 4.78 is 0. The van der Waals surface area contributed by atoms with E-state index in [1.807, 2.05) is 0 Å². The average Bonchev–Trinajstić information content (AvgIpc) is 2.14. The molecule has 0 bridgehead atoms. The highest BCUT2D eigenvalue weighted by molar-refractivity contribution is 9.09. The fourth-order valence-corrected chi connectivity index (χ4v) is 1.49. The van der Waals surface area contributed by atoms with Gasteiger partial charge in [-0.05, 0) is 24.8 Å². The summed E-state index contributed by atoms with van der Waals surface area (Å²) in [5, 5.41) is 1.12. The molecule has 1 aromatic carbocycles. The molecule has 12 heavy (non-hydrogen) atoms. The molecular formula is C11H14Br. The minimum Gasteiger partial charge on any atom is -0.0928 e. The predicted octanol–water partition coefficient (Wildman–Crippen LogP) is 3.80. The Labute approximate surface area is 83.1 Å². The molecule has 0 nitrogen and oxygen atoms in total. The van der Waals surface area contributed by atoms with Crippen LogP contribution in [0, 0.1) is 6.42 Å². The number of hydrogen-bond donors (Lipinski definition) is 0. The summed E-state index contributed by atoms with van der Waals surface area (Å²) in [4.78, 5) is 0. The van der Waals surface area contributed by atoms with Crippen LogP contribution in [0.5, 0.6) is 0 Å². The second-order valence-corrected chi connectivity index (χ2v) is 3.59. The first-order chi connectivity index (χ1) is 5.93. The van der Waals surface area contributed by atoms with Crippen LogP contribution in [0.25, 0.3) is 0 Å². The third kappa shape index (κ3) is 3.91. The second-order valence-electron chi connectivity index (χ2n) is 2.80. The van der Waals surface area contributed by atoms with E-state index in [2.05, 4.69) is 52.7 Å². The first kappa shape index (κ1) is 9.79. The summed E-state index contributed by atoms with van der Waals surface area (Å²) in [7, 11) is 0. The first-order valence-electron chi connectivity index (χ1n) is 4.37. The van der Waals surface area contributed by atoms with Crippen LogP contribution in [0.4, 0.5) is 0 Å². The molecule has 0 saturated carbocycles. The molecule has 0 saturated heterocycles. The Morgan fingerprint density at radius 1 is 1.08 bits per heavy atom. The minimum absolute atomic E-state index is 1.12. The lowest BCUT2D eigenvalue weighted by Gasteiger charge is -1.98.